The largest absolute Gasteiger partial charge is 0.460 e. The molecule has 0 aliphatic rings. The Labute approximate surface area is 202 Å². The van der Waals surface area contributed by atoms with Crippen LogP contribution in [0.25, 0.3) is 0 Å². The van der Waals surface area contributed by atoms with Gasteiger partial charge in [0, 0.05) is 38.6 Å². The van der Waals surface area contributed by atoms with E-state index in [2.05, 4.69) is 17.2 Å². The summed E-state index contributed by atoms with van der Waals surface area (Å²) < 4.78 is 5.28. The Morgan fingerprint density at radius 1 is 1.09 bits per heavy atom. The van der Waals surface area contributed by atoms with Crippen LogP contribution < -0.4 is 10.6 Å². The summed E-state index contributed by atoms with van der Waals surface area (Å²) in [5.74, 6) is -2.30. The summed E-state index contributed by atoms with van der Waals surface area (Å²) in [6, 6.07) is -0.904. The van der Waals surface area contributed by atoms with E-state index >= 15 is 0 Å². The molecule has 0 heterocycles. The first kappa shape index (κ1) is 31.0. The standard InChI is InChI=1S/C24H40N4O6/c1-9-20(30)28(18(3)29)16-14-25-23(33)19(11-10-12-21(31)34-24(4,5)6)26-22(32)17(2)13-15-27(7)8/h9,13,19H,1,10-12,14-16H2,2-8H3,(H,25,33)(H,26,32)/b17-13+. The maximum absolute atomic E-state index is 12.8. The van der Waals surface area contributed by atoms with E-state index in [1.54, 1.807) is 33.8 Å². The van der Waals surface area contributed by atoms with Crippen LogP contribution in [-0.2, 0) is 28.7 Å². The van der Waals surface area contributed by atoms with Gasteiger partial charge in [-0.3, -0.25) is 28.9 Å². The van der Waals surface area contributed by atoms with Crippen LogP contribution in [0, 0.1) is 0 Å². The molecule has 0 aromatic heterocycles. The highest BCUT2D eigenvalue weighted by atomic mass is 16.6. The van der Waals surface area contributed by atoms with E-state index in [0.29, 0.717) is 18.5 Å². The Hall–Kier alpha value is -3.01. The van der Waals surface area contributed by atoms with Crippen molar-refractivity contribution in [2.75, 3.05) is 33.7 Å². The van der Waals surface area contributed by atoms with E-state index in [9.17, 15) is 24.0 Å². The van der Waals surface area contributed by atoms with Gasteiger partial charge in [0.15, 0.2) is 0 Å². The van der Waals surface area contributed by atoms with Gasteiger partial charge >= 0.3 is 5.97 Å². The zero-order valence-electron chi connectivity index (χ0n) is 21.5. The molecule has 192 valence electrons. The third-order valence-electron chi connectivity index (χ3n) is 4.49. The zero-order valence-corrected chi connectivity index (χ0v) is 21.5. The van der Waals surface area contributed by atoms with Gasteiger partial charge in [-0.05, 0) is 60.7 Å². The molecule has 0 radical (unpaired) electrons. The molecule has 1 atom stereocenters. The summed E-state index contributed by atoms with van der Waals surface area (Å²) >= 11 is 0. The molecule has 0 aliphatic carbocycles. The number of hydrogen-bond donors (Lipinski definition) is 2. The van der Waals surface area contributed by atoms with Crippen LogP contribution in [0.4, 0.5) is 0 Å². The molecule has 4 amide bonds. The van der Waals surface area contributed by atoms with Crippen LogP contribution in [-0.4, -0.2) is 84.8 Å². The minimum absolute atomic E-state index is 0.00583. The number of likely N-dealkylation sites (N-methyl/N-ethyl adjacent to an activating group) is 1. The van der Waals surface area contributed by atoms with E-state index in [0.717, 1.165) is 11.0 Å². The fourth-order valence-electron chi connectivity index (χ4n) is 2.74. The number of esters is 1. The van der Waals surface area contributed by atoms with Gasteiger partial charge in [0.2, 0.25) is 17.7 Å². The van der Waals surface area contributed by atoms with Crippen molar-refractivity contribution in [1.29, 1.82) is 0 Å². The average Bonchev–Trinajstić information content (AvgIpc) is 2.71. The maximum Gasteiger partial charge on any atom is 0.306 e. The van der Waals surface area contributed by atoms with Crippen molar-refractivity contribution in [2.24, 2.45) is 0 Å². The Bertz CT molecular complexity index is 783. The van der Waals surface area contributed by atoms with Crippen molar-refractivity contribution in [3.8, 4) is 0 Å². The first-order valence-electron chi connectivity index (χ1n) is 11.2. The van der Waals surface area contributed by atoms with Crippen molar-refractivity contribution in [2.45, 2.75) is 65.5 Å². The van der Waals surface area contributed by atoms with Crippen molar-refractivity contribution in [1.82, 2.24) is 20.4 Å². The third-order valence-corrected chi connectivity index (χ3v) is 4.49. The molecular weight excluding hydrogens is 440 g/mol. The van der Waals surface area contributed by atoms with E-state index in [-0.39, 0.29) is 31.9 Å². The topological polar surface area (TPSA) is 125 Å². The number of nitrogens with one attached hydrogen (secondary N) is 2. The lowest BCUT2D eigenvalue weighted by atomic mass is 10.1. The molecule has 2 N–H and O–H groups in total. The van der Waals surface area contributed by atoms with E-state index in [4.69, 9.17) is 4.74 Å². The molecule has 10 nitrogen and oxygen atoms in total. The van der Waals surface area contributed by atoms with Gasteiger partial charge in [0.25, 0.3) is 5.91 Å². The molecule has 0 saturated carbocycles. The van der Waals surface area contributed by atoms with Crippen LogP contribution in [0.5, 0.6) is 0 Å². The van der Waals surface area contributed by atoms with E-state index in [1.807, 2.05) is 19.0 Å². The molecule has 0 rings (SSSR count). The van der Waals surface area contributed by atoms with Crippen LogP contribution in [0.2, 0.25) is 0 Å². The predicted octanol–water partition coefficient (Wildman–Crippen LogP) is 1.17. The van der Waals surface area contributed by atoms with Gasteiger partial charge in [-0.25, -0.2) is 0 Å². The van der Waals surface area contributed by atoms with Gasteiger partial charge < -0.3 is 20.3 Å². The zero-order chi connectivity index (χ0) is 26.5. The van der Waals surface area contributed by atoms with Crippen LogP contribution >= 0.6 is 0 Å². The molecule has 0 aromatic rings. The quantitative estimate of drug-likeness (QED) is 0.299. The normalized spacial score (nSPS) is 12.5. The number of hydrogen-bond acceptors (Lipinski definition) is 7. The van der Waals surface area contributed by atoms with Crippen molar-refractivity contribution >= 4 is 29.6 Å². The lowest BCUT2D eigenvalue weighted by molar-refractivity contribution is -0.155. The summed E-state index contributed by atoms with van der Waals surface area (Å²) in [4.78, 5) is 63.6. The van der Waals surface area contributed by atoms with Gasteiger partial charge in [-0.1, -0.05) is 12.7 Å². The van der Waals surface area contributed by atoms with Gasteiger partial charge in [-0.2, -0.15) is 0 Å². The lowest BCUT2D eigenvalue weighted by Gasteiger charge is -2.22. The van der Waals surface area contributed by atoms with E-state index < -0.39 is 35.3 Å². The minimum Gasteiger partial charge on any atom is -0.460 e. The Balaban J connectivity index is 5.17. The predicted molar refractivity (Wildman–Crippen MR) is 130 cm³/mol. The molecule has 0 aliphatic heterocycles. The monoisotopic (exact) mass is 480 g/mol. The molecule has 0 spiro atoms. The average molecular weight is 481 g/mol. The number of imide groups is 1. The smallest absolute Gasteiger partial charge is 0.306 e. The molecule has 0 saturated heterocycles. The SMILES string of the molecule is C=CC(=O)N(CCNC(=O)C(CCCC(=O)OC(C)(C)C)NC(=O)/C(C)=C/CN(C)C)C(C)=O. The molecular formula is C24H40N4O6. The van der Waals surface area contributed by atoms with Gasteiger partial charge in [-0.15, -0.1) is 0 Å². The highest BCUT2D eigenvalue weighted by molar-refractivity contribution is 6.00. The first-order valence-corrected chi connectivity index (χ1v) is 11.2. The second kappa shape index (κ2) is 15.0. The lowest BCUT2D eigenvalue weighted by Crippen LogP contribution is -2.49. The fourth-order valence-corrected chi connectivity index (χ4v) is 2.74. The van der Waals surface area contributed by atoms with Crippen LogP contribution in [0.1, 0.15) is 53.9 Å². The van der Waals surface area contributed by atoms with Gasteiger partial charge in [0.05, 0.1) is 0 Å². The summed E-state index contributed by atoms with van der Waals surface area (Å²) in [6.45, 7) is 12.1. The molecule has 0 bridgehead atoms. The third kappa shape index (κ3) is 13.5. The summed E-state index contributed by atoms with van der Waals surface area (Å²) in [5.41, 5.74) is -0.153. The highest BCUT2D eigenvalue weighted by Crippen LogP contribution is 2.11. The number of rotatable bonds is 13. The molecule has 34 heavy (non-hydrogen) atoms. The Morgan fingerprint density at radius 3 is 2.21 bits per heavy atom. The highest BCUT2D eigenvalue weighted by Gasteiger charge is 2.23. The number of carbonyl (C=O) groups excluding carboxylic acids is 5. The van der Waals surface area contributed by atoms with Crippen molar-refractivity contribution in [3.05, 3.63) is 24.3 Å². The molecule has 0 aromatic carbocycles. The van der Waals surface area contributed by atoms with Gasteiger partial charge in [0.1, 0.15) is 11.6 Å². The summed E-state index contributed by atoms with van der Waals surface area (Å²) in [5, 5.41) is 5.34. The fraction of sp³-hybridized carbons (Fsp3) is 0.625. The first-order chi connectivity index (χ1) is 15.7. The maximum atomic E-state index is 12.8. The number of ether oxygens (including phenoxy) is 1. The minimum atomic E-state index is -0.904. The number of amides is 4. The van der Waals surface area contributed by atoms with E-state index in [1.165, 1.54) is 6.92 Å². The van der Waals surface area contributed by atoms with Crippen LogP contribution in [0.3, 0.4) is 0 Å². The Kier molecular flexibility index (Phi) is 13.7. The Morgan fingerprint density at radius 2 is 1.71 bits per heavy atom. The second-order valence-corrected chi connectivity index (χ2v) is 9.16. The van der Waals surface area contributed by atoms with Crippen molar-refractivity contribution in [3.63, 3.8) is 0 Å². The summed E-state index contributed by atoms with van der Waals surface area (Å²) in [6.07, 6.45) is 3.39. The number of nitrogens with zero attached hydrogens (tertiary/aromatic N) is 2. The molecule has 1 unspecified atom stereocenters. The molecule has 10 heteroatoms. The summed E-state index contributed by atoms with van der Waals surface area (Å²) in [7, 11) is 3.74. The number of carbonyl (C=O) groups is 5. The van der Waals surface area contributed by atoms with Crippen LogP contribution in [0.15, 0.2) is 24.3 Å². The van der Waals surface area contributed by atoms with Crippen molar-refractivity contribution < 1.29 is 28.7 Å². The second-order valence-electron chi connectivity index (χ2n) is 9.16. The molecule has 0 fully saturated rings.